The van der Waals surface area contributed by atoms with Gasteiger partial charge in [-0.05, 0) is 43.3 Å². The van der Waals surface area contributed by atoms with Crippen molar-refractivity contribution in [3.05, 3.63) is 71.4 Å². The highest BCUT2D eigenvalue weighted by Gasteiger charge is 2.30. The van der Waals surface area contributed by atoms with Crippen molar-refractivity contribution >= 4 is 22.5 Å². The molecule has 0 aliphatic rings. The predicted molar refractivity (Wildman–Crippen MR) is 85.9 cm³/mol. The van der Waals surface area contributed by atoms with Crippen molar-refractivity contribution < 1.29 is 18.0 Å². The van der Waals surface area contributed by atoms with Crippen molar-refractivity contribution in [1.82, 2.24) is 4.98 Å². The van der Waals surface area contributed by atoms with Crippen LogP contribution in [0.25, 0.3) is 10.9 Å². The fraction of sp³-hybridized carbons (Fsp3) is 0.111. The number of para-hydroxylation sites is 1. The van der Waals surface area contributed by atoms with Gasteiger partial charge in [-0.15, -0.1) is 0 Å². The molecule has 0 fully saturated rings. The number of nitrogens with zero attached hydrogens (tertiary/aromatic N) is 1. The first kappa shape index (κ1) is 16.0. The maximum absolute atomic E-state index is 12.6. The highest BCUT2D eigenvalue weighted by atomic mass is 19.4. The van der Waals surface area contributed by atoms with Crippen LogP contribution >= 0.6 is 0 Å². The topological polar surface area (TPSA) is 42.0 Å². The minimum Gasteiger partial charge on any atom is -0.322 e. The van der Waals surface area contributed by atoms with E-state index >= 15 is 0 Å². The number of carbonyl (C=O) groups is 1. The fourth-order valence-electron chi connectivity index (χ4n) is 2.38. The Morgan fingerprint density at radius 2 is 1.71 bits per heavy atom. The molecule has 0 aliphatic heterocycles. The normalized spacial score (nSPS) is 11.5. The summed E-state index contributed by atoms with van der Waals surface area (Å²) in [5.41, 5.74) is 1.25. The molecular formula is C18H13F3N2O. The van der Waals surface area contributed by atoms with E-state index in [1.165, 1.54) is 12.1 Å². The van der Waals surface area contributed by atoms with Gasteiger partial charge < -0.3 is 5.32 Å². The van der Waals surface area contributed by atoms with E-state index in [4.69, 9.17) is 0 Å². The lowest BCUT2D eigenvalue weighted by Crippen LogP contribution is -2.14. The minimum atomic E-state index is -4.40. The number of anilines is 1. The summed E-state index contributed by atoms with van der Waals surface area (Å²) in [4.78, 5) is 16.8. The largest absolute Gasteiger partial charge is 0.416 e. The number of rotatable bonds is 2. The Hall–Kier alpha value is -2.89. The number of hydrogen-bond acceptors (Lipinski definition) is 2. The molecule has 1 amide bonds. The van der Waals surface area contributed by atoms with Crippen LogP contribution in [-0.2, 0) is 6.18 Å². The van der Waals surface area contributed by atoms with Crippen LogP contribution < -0.4 is 5.32 Å². The molecule has 0 saturated carbocycles. The second kappa shape index (κ2) is 5.96. The fourth-order valence-corrected chi connectivity index (χ4v) is 2.38. The smallest absolute Gasteiger partial charge is 0.322 e. The summed E-state index contributed by atoms with van der Waals surface area (Å²) >= 11 is 0. The summed E-state index contributed by atoms with van der Waals surface area (Å²) in [5, 5.41) is 3.42. The second-order valence-corrected chi connectivity index (χ2v) is 5.34. The van der Waals surface area contributed by atoms with Crippen LogP contribution in [0.15, 0.2) is 54.6 Å². The maximum Gasteiger partial charge on any atom is 0.416 e. The Kier molecular flexibility index (Phi) is 3.97. The monoisotopic (exact) mass is 330 g/mol. The van der Waals surface area contributed by atoms with Gasteiger partial charge in [-0.2, -0.15) is 13.2 Å². The molecule has 0 saturated heterocycles. The maximum atomic E-state index is 12.6. The molecule has 1 N–H and O–H groups in total. The van der Waals surface area contributed by atoms with E-state index in [9.17, 15) is 18.0 Å². The number of carbonyl (C=O) groups excluding carboxylic acids is 1. The summed E-state index contributed by atoms with van der Waals surface area (Å²) in [5.74, 6) is -0.412. The Balaban J connectivity index is 1.86. The summed E-state index contributed by atoms with van der Waals surface area (Å²) in [6.45, 7) is 1.72. The van der Waals surface area contributed by atoms with Crippen LogP contribution in [0.2, 0.25) is 0 Å². The van der Waals surface area contributed by atoms with E-state index in [2.05, 4.69) is 10.3 Å². The molecule has 122 valence electrons. The second-order valence-electron chi connectivity index (χ2n) is 5.34. The first-order valence-corrected chi connectivity index (χ1v) is 7.19. The molecular weight excluding hydrogens is 317 g/mol. The summed E-state index contributed by atoms with van der Waals surface area (Å²) in [7, 11) is 0. The standard InChI is InChI=1S/C18H13F3N2O/c1-11-15(10-12-4-2-3-5-16(12)22-11)17(24)23-14-8-6-13(7-9-14)18(19,20)21/h2-10H,1H3,(H,23,24). The Bertz CT molecular complexity index is 902. The first-order chi connectivity index (χ1) is 11.3. The van der Waals surface area contributed by atoms with E-state index in [1.54, 1.807) is 13.0 Å². The molecule has 0 spiro atoms. The van der Waals surface area contributed by atoms with Gasteiger partial charge in [-0.1, -0.05) is 18.2 Å². The Labute approximate surface area is 136 Å². The van der Waals surface area contributed by atoms with Crippen molar-refractivity contribution in [2.75, 3.05) is 5.32 Å². The third-order valence-electron chi connectivity index (χ3n) is 3.63. The van der Waals surface area contributed by atoms with Gasteiger partial charge in [-0.3, -0.25) is 9.78 Å². The quantitative estimate of drug-likeness (QED) is 0.732. The van der Waals surface area contributed by atoms with Gasteiger partial charge >= 0.3 is 6.18 Å². The van der Waals surface area contributed by atoms with E-state index in [-0.39, 0.29) is 0 Å². The zero-order chi connectivity index (χ0) is 17.3. The molecule has 6 heteroatoms. The third kappa shape index (κ3) is 3.22. The van der Waals surface area contributed by atoms with E-state index in [1.807, 2.05) is 24.3 Å². The molecule has 3 nitrogen and oxygen atoms in total. The van der Waals surface area contributed by atoms with Crippen molar-refractivity contribution in [3.63, 3.8) is 0 Å². The lowest BCUT2D eigenvalue weighted by atomic mass is 10.1. The zero-order valence-electron chi connectivity index (χ0n) is 12.7. The molecule has 0 unspecified atom stereocenters. The molecule has 3 rings (SSSR count). The van der Waals surface area contributed by atoms with Crippen molar-refractivity contribution in [2.45, 2.75) is 13.1 Å². The van der Waals surface area contributed by atoms with Crippen LogP contribution in [0.3, 0.4) is 0 Å². The number of aryl methyl sites for hydroxylation is 1. The average molecular weight is 330 g/mol. The van der Waals surface area contributed by atoms with Crippen molar-refractivity contribution in [2.24, 2.45) is 0 Å². The molecule has 2 aromatic carbocycles. The highest BCUT2D eigenvalue weighted by Crippen LogP contribution is 2.30. The number of benzene rings is 2. The van der Waals surface area contributed by atoms with Gasteiger partial charge in [0, 0.05) is 11.1 Å². The number of fused-ring (bicyclic) bond motifs is 1. The van der Waals surface area contributed by atoms with Crippen molar-refractivity contribution in [3.8, 4) is 0 Å². The van der Waals surface area contributed by atoms with Crippen LogP contribution in [0, 0.1) is 6.92 Å². The van der Waals surface area contributed by atoms with Crippen LogP contribution in [-0.4, -0.2) is 10.9 Å². The average Bonchev–Trinajstić information content (AvgIpc) is 2.53. The van der Waals surface area contributed by atoms with Gasteiger partial charge in [-0.25, -0.2) is 0 Å². The lowest BCUT2D eigenvalue weighted by molar-refractivity contribution is -0.137. The predicted octanol–water partition coefficient (Wildman–Crippen LogP) is 4.81. The molecule has 1 aromatic heterocycles. The van der Waals surface area contributed by atoms with Gasteiger partial charge in [0.25, 0.3) is 5.91 Å². The number of nitrogens with one attached hydrogen (secondary N) is 1. The molecule has 0 bridgehead atoms. The van der Waals surface area contributed by atoms with E-state index in [0.717, 1.165) is 23.0 Å². The van der Waals surface area contributed by atoms with Crippen molar-refractivity contribution in [1.29, 1.82) is 0 Å². The Morgan fingerprint density at radius 3 is 2.38 bits per heavy atom. The number of aromatic nitrogens is 1. The molecule has 24 heavy (non-hydrogen) atoms. The number of amides is 1. The minimum absolute atomic E-state index is 0.292. The molecule has 1 heterocycles. The van der Waals surface area contributed by atoms with E-state index in [0.29, 0.717) is 16.9 Å². The molecule has 0 radical (unpaired) electrons. The molecule has 3 aromatic rings. The lowest BCUT2D eigenvalue weighted by Gasteiger charge is -2.10. The summed E-state index contributed by atoms with van der Waals surface area (Å²) in [6.07, 6.45) is -4.40. The number of alkyl halides is 3. The highest BCUT2D eigenvalue weighted by molar-refractivity contribution is 6.06. The number of pyridine rings is 1. The van der Waals surface area contributed by atoms with Crippen LogP contribution in [0.4, 0.5) is 18.9 Å². The van der Waals surface area contributed by atoms with Crippen LogP contribution in [0.5, 0.6) is 0 Å². The van der Waals surface area contributed by atoms with Crippen LogP contribution in [0.1, 0.15) is 21.6 Å². The zero-order valence-corrected chi connectivity index (χ0v) is 12.7. The summed E-state index contributed by atoms with van der Waals surface area (Å²) < 4.78 is 37.7. The number of halogens is 3. The van der Waals surface area contributed by atoms with Gasteiger partial charge in [0.05, 0.1) is 22.3 Å². The van der Waals surface area contributed by atoms with Gasteiger partial charge in [0.15, 0.2) is 0 Å². The molecule has 0 atom stereocenters. The van der Waals surface area contributed by atoms with Gasteiger partial charge in [0.2, 0.25) is 0 Å². The third-order valence-corrected chi connectivity index (χ3v) is 3.63. The van der Waals surface area contributed by atoms with E-state index < -0.39 is 17.6 Å². The molecule has 0 aliphatic carbocycles. The van der Waals surface area contributed by atoms with Gasteiger partial charge in [0.1, 0.15) is 0 Å². The number of hydrogen-bond donors (Lipinski definition) is 1. The first-order valence-electron chi connectivity index (χ1n) is 7.19. The SMILES string of the molecule is Cc1nc2ccccc2cc1C(=O)Nc1ccc(C(F)(F)F)cc1. The summed E-state index contributed by atoms with van der Waals surface area (Å²) in [6, 6.07) is 13.4. The Morgan fingerprint density at radius 1 is 1.04 bits per heavy atom.